The lowest BCUT2D eigenvalue weighted by Crippen LogP contribution is -2.40. The third-order valence-electron chi connectivity index (χ3n) is 3.11. The van der Waals surface area contributed by atoms with Crippen LogP contribution in [0.1, 0.15) is 25.1 Å². The minimum Gasteiger partial charge on any atom is -0.356 e. The Hall–Kier alpha value is -1.36. The van der Waals surface area contributed by atoms with E-state index in [-0.39, 0.29) is 11.8 Å². The first-order chi connectivity index (χ1) is 8.36. The van der Waals surface area contributed by atoms with E-state index in [4.69, 9.17) is 0 Å². The first-order valence-corrected chi connectivity index (χ1v) is 6.33. The molecule has 1 unspecified atom stereocenters. The van der Waals surface area contributed by atoms with E-state index in [0.29, 0.717) is 0 Å². The minimum atomic E-state index is 0.160. The molecular formula is C12H20N4O. The van der Waals surface area contributed by atoms with Crippen LogP contribution in [-0.4, -0.2) is 35.5 Å². The van der Waals surface area contributed by atoms with E-state index >= 15 is 0 Å². The van der Waals surface area contributed by atoms with E-state index in [0.717, 1.165) is 51.1 Å². The van der Waals surface area contributed by atoms with Crippen LogP contribution in [0.2, 0.25) is 0 Å². The van der Waals surface area contributed by atoms with Gasteiger partial charge in [0.25, 0.3) is 0 Å². The van der Waals surface area contributed by atoms with Crippen molar-refractivity contribution in [3.8, 4) is 0 Å². The molecule has 0 aromatic carbocycles. The highest BCUT2D eigenvalue weighted by Gasteiger charge is 2.19. The monoisotopic (exact) mass is 236 g/mol. The summed E-state index contributed by atoms with van der Waals surface area (Å²) in [6.07, 6.45) is 7.50. The molecule has 0 bridgehead atoms. The molecule has 0 aliphatic carbocycles. The van der Waals surface area contributed by atoms with Gasteiger partial charge < -0.3 is 15.6 Å². The number of aromatic amines is 1. The zero-order valence-electron chi connectivity index (χ0n) is 10.0. The molecular weight excluding hydrogens is 216 g/mol. The maximum absolute atomic E-state index is 11.8. The third-order valence-corrected chi connectivity index (χ3v) is 3.11. The van der Waals surface area contributed by atoms with Gasteiger partial charge in [0.2, 0.25) is 5.91 Å². The van der Waals surface area contributed by atoms with E-state index in [9.17, 15) is 4.79 Å². The smallest absolute Gasteiger partial charge is 0.224 e. The number of aromatic nitrogens is 2. The van der Waals surface area contributed by atoms with Crippen molar-refractivity contribution in [3.05, 3.63) is 18.2 Å². The van der Waals surface area contributed by atoms with E-state index < -0.39 is 0 Å². The van der Waals surface area contributed by atoms with Crippen LogP contribution in [0.3, 0.4) is 0 Å². The van der Waals surface area contributed by atoms with Crippen molar-refractivity contribution in [3.63, 3.8) is 0 Å². The second-order valence-electron chi connectivity index (χ2n) is 4.47. The first kappa shape index (κ1) is 12.1. The van der Waals surface area contributed by atoms with Crippen LogP contribution >= 0.6 is 0 Å². The Morgan fingerprint density at radius 1 is 1.59 bits per heavy atom. The molecule has 1 aromatic rings. The zero-order valence-corrected chi connectivity index (χ0v) is 10.0. The standard InChI is InChI=1S/C12H20N4O/c17-12(10-3-1-5-13-9-10)16-6-2-4-11-14-7-8-15-11/h7-8,10,13H,1-6,9H2,(H,14,15)(H,16,17). The summed E-state index contributed by atoms with van der Waals surface area (Å²) in [6.45, 7) is 2.60. The Morgan fingerprint density at radius 3 is 3.24 bits per heavy atom. The number of hydrogen-bond donors (Lipinski definition) is 3. The fourth-order valence-corrected chi connectivity index (χ4v) is 2.12. The highest BCUT2D eigenvalue weighted by Crippen LogP contribution is 2.09. The number of nitrogens with zero attached hydrogens (tertiary/aromatic N) is 1. The molecule has 0 spiro atoms. The van der Waals surface area contributed by atoms with Gasteiger partial charge in [-0.15, -0.1) is 0 Å². The summed E-state index contributed by atoms with van der Waals surface area (Å²) in [7, 11) is 0. The number of amides is 1. The van der Waals surface area contributed by atoms with Gasteiger partial charge in [0.1, 0.15) is 5.82 Å². The topological polar surface area (TPSA) is 69.8 Å². The van der Waals surface area contributed by atoms with Crippen LogP contribution in [0.5, 0.6) is 0 Å². The number of imidazole rings is 1. The lowest BCUT2D eigenvalue weighted by atomic mass is 9.99. The lowest BCUT2D eigenvalue weighted by Gasteiger charge is -2.21. The molecule has 1 amide bonds. The largest absolute Gasteiger partial charge is 0.356 e. The molecule has 3 N–H and O–H groups in total. The van der Waals surface area contributed by atoms with Crippen LogP contribution < -0.4 is 10.6 Å². The number of hydrogen-bond acceptors (Lipinski definition) is 3. The molecule has 1 fully saturated rings. The zero-order chi connectivity index (χ0) is 11.9. The summed E-state index contributed by atoms with van der Waals surface area (Å²) in [6, 6.07) is 0. The van der Waals surface area contributed by atoms with Crippen molar-refractivity contribution >= 4 is 5.91 Å². The van der Waals surface area contributed by atoms with E-state index in [1.807, 2.05) is 6.20 Å². The van der Waals surface area contributed by atoms with Crippen LogP contribution in [0.25, 0.3) is 0 Å². The molecule has 0 radical (unpaired) electrons. The molecule has 2 heterocycles. The van der Waals surface area contributed by atoms with E-state index in [1.54, 1.807) is 6.20 Å². The summed E-state index contributed by atoms with van der Waals surface area (Å²) in [5, 5.41) is 6.25. The number of carbonyl (C=O) groups excluding carboxylic acids is 1. The molecule has 17 heavy (non-hydrogen) atoms. The van der Waals surface area contributed by atoms with Crippen LogP contribution in [0.15, 0.2) is 12.4 Å². The first-order valence-electron chi connectivity index (χ1n) is 6.33. The third kappa shape index (κ3) is 3.85. The maximum Gasteiger partial charge on any atom is 0.224 e. The van der Waals surface area contributed by atoms with Crippen molar-refractivity contribution in [1.82, 2.24) is 20.6 Å². The normalized spacial score (nSPS) is 20.1. The molecule has 94 valence electrons. The number of nitrogens with one attached hydrogen (secondary N) is 3. The molecule has 1 aromatic heterocycles. The molecule has 0 saturated carbocycles. The Bertz CT molecular complexity index is 330. The number of piperidine rings is 1. The van der Waals surface area contributed by atoms with Gasteiger partial charge in [-0.2, -0.15) is 0 Å². The summed E-state index contributed by atoms with van der Waals surface area (Å²) in [4.78, 5) is 19.0. The summed E-state index contributed by atoms with van der Waals surface area (Å²) in [5.41, 5.74) is 0. The maximum atomic E-state index is 11.8. The molecule has 1 saturated heterocycles. The van der Waals surface area contributed by atoms with Crippen molar-refractivity contribution in [1.29, 1.82) is 0 Å². The Balaban J connectivity index is 1.59. The second-order valence-corrected chi connectivity index (χ2v) is 4.47. The fraction of sp³-hybridized carbons (Fsp3) is 0.667. The predicted molar refractivity (Wildman–Crippen MR) is 65.5 cm³/mol. The Morgan fingerprint density at radius 2 is 2.53 bits per heavy atom. The lowest BCUT2D eigenvalue weighted by molar-refractivity contribution is -0.125. The van der Waals surface area contributed by atoms with Gasteiger partial charge in [0.05, 0.1) is 5.92 Å². The van der Waals surface area contributed by atoms with Crippen molar-refractivity contribution in [2.24, 2.45) is 5.92 Å². The highest BCUT2D eigenvalue weighted by molar-refractivity contribution is 5.78. The SMILES string of the molecule is O=C(NCCCc1ncc[nH]1)C1CCCNC1. The number of rotatable bonds is 5. The quantitative estimate of drug-likeness (QED) is 0.650. The van der Waals surface area contributed by atoms with Crippen LogP contribution in [-0.2, 0) is 11.2 Å². The van der Waals surface area contributed by atoms with Crippen molar-refractivity contribution < 1.29 is 4.79 Å². The number of carbonyl (C=O) groups is 1. The molecule has 5 nitrogen and oxygen atoms in total. The van der Waals surface area contributed by atoms with E-state index in [2.05, 4.69) is 20.6 Å². The molecule has 1 aliphatic rings. The average Bonchev–Trinajstić information content (AvgIpc) is 2.88. The van der Waals surface area contributed by atoms with Gasteiger partial charge in [0, 0.05) is 31.9 Å². The molecule has 1 aliphatic heterocycles. The molecule has 5 heteroatoms. The van der Waals surface area contributed by atoms with Gasteiger partial charge >= 0.3 is 0 Å². The van der Waals surface area contributed by atoms with Gasteiger partial charge in [-0.05, 0) is 25.8 Å². The average molecular weight is 236 g/mol. The Labute approximate surface area is 101 Å². The van der Waals surface area contributed by atoms with Crippen molar-refractivity contribution in [2.75, 3.05) is 19.6 Å². The van der Waals surface area contributed by atoms with Gasteiger partial charge in [0.15, 0.2) is 0 Å². The van der Waals surface area contributed by atoms with Crippen molar-refractivity contribution in [2.45, 2.75) is 25.7 Å². The molecule has 2 rings (SSSR count). The van der Waals surface area contributed by atoms with Crippen LogP contribution in [0, 0.1) is 5.92 Å². The number of aryl methyl sites for hydroxylation is 1. The summed E-state index contributed by atoms with van der Waals surface area (Å²) in [5.74, 6) is 1.34. The Kier molecular flexibility index (Phi) is 4.55. The van der Waals surface area contributed by atoms with Crippen LogP contribution in [0.4, 0.5) is 0 Å². The minimum absolute atomic E-state index is 0.160. The highest BCUT2D eigenvalue weighted by atomic mass is 16.1. The summed E-state index contributed by atoms with van der Waals surface area (Å²) >= 11 is 0. The van der Waals surface area contributed by atoms with E-state index in [1.165, 1.54) is 0 Å². The molecule has 1 atom stereocenters. The second kappa shape index (κ2) is 6.39. The fourth-order valence-electron chi connectivity index (χ4n) is 2.12. The predicted octanol–water partition coefficient (Wildman–Crippen LogP) is 0.458. The van der Waals surface area contributed by atoms with Gasteiger partial charge in [-0.3, -0.25) is 4.79 Å². The van der Waals surface area contributed by atoms with Gasteiger partial charge in [-0.1, -0.05) is 0 Å². The number of H-pyrrole nitrogens is 1. The van der Waals surface area contributed by atoms with Gasteiger partial charge in [-0.25, -0.2) is 4.98 Å². The summed E-state index contributed by atoms with van der Waals surface area (Å²) < 4.78 is 0.